The van der Waals surface area contributed by atoms with E-state index in [-0.39, 0.29) is 28.7 Å². The number of esters is 1. The number of methoxy groups -OCH3 is 1. The van der Waals surface area contributed by atoms with Gasteiger partial charge in [0.25, 0.3) is 5.91 Å². The molecular formula is C36H33F3N2O4. The van der Waals surface area contributed by atoms with Crippen LogP contribution in [0.25, 0.3) is 11.1 Å². The molecule has 5 rings (SSSR count). The molecule has 0 saturated carbocycles. The summed E-state index contributed by atoms with van der Waals surface area (Å²) in [6.45, 7) is 3.85. The van der Waals surface area contributed by atoms with Crippen molar-refractivity contribution in [2.24, 2.45) is 5.92 Å². The average Bonchev–Trinajstić information content (AvgIpc) is 3.06. The highest BCUT2D eigenvalue weighted by atomic mass is 19.4. The van der Waals surface area contributed by atoms with Crippen LogP contribution in [0, 0.1) is 12.8 Å². The van der Waals surface area contributed by atoms with Gasteiger partial charge >= 0.3 is 12.1 Å². The van der Waals surface area contributed by atoms with E-state index in [2.05, 4.69) is 10.2 Å². The number of ketones is 1. The average molecular weight is 615 g/mol. The summed E-state index contributed by atoms with van der Waals surface area (Å²) >= 11 is 0. The molecule has 232 valence electrons. The Hall–Kier alpha value is -4.92. The number of hydrogen-bond acceptors (Lipinski definition) is 5. The van der Waals surface area contributed by atoms with Gasteiger partial charge in [-0.15, -0.1) is 0 Å². The number of rotatable bonds is 8. The van der Waals surface area contributed by atoms with Gasteiger partial charge < -0.3 is 15.0 Å². The van der Waals surface area contributed by atoms with Crippen molar-refractivity contribution in [3.8, 4) is 11.1 Å². The Labute approximate surface area is 259 Å². The molecule has 1 atom stereocenters. The maximum atomic E-state index is 13.5. The second kappa shape index (κ2) is 13.4. The Morgan fingerprint density at radius 1 is 0.889 bits per heavy atom. The number of carbonyl (C=O) groups is 3. The molecular weight excluding hydrogens is 581 g/mol. The Kier molecular flexibility index (Phi) is 9.37. The van der Waals surface area contributed by atoms with Crippen LogP contribution in [0.4, 0.5) is 18.9 Å². The molecule has 1 N–H and O–H groups in total. The highest BCUT2D eigenvalue weighted by molar-refractivity contribution is 6.14. The van der Waals surface area contributed by atoms with Crippen molar-refractivity contribution in [1.82, 2.24) is 5.32 Å². The fraction of sp³-hybridized carbons (Fsp3) is 0.250. The van der Waals surface area contributed by atoms with Gasteiger partial charge in [-0.3, -0.25) is 9.59 Å². The minimum atomic E-state index is -4.44. The number of alkyl halides is 3. The van der Waals surface area contributed by atoms with Crippen LogP contribution in [0.2, 0.25) is 0 Å². The third kappa shape index (κ3) is 7.09. The van der Waals surface area contributed by atoms with Crippen LogP contribution in [-0.2, 0) is 10.9 Å². The van der Waals surface area contributed by atoms with Crippen LogP contribution in [0.15, 0.2) is 91.0 Å². The summed E-state index contributed by atoms with van der Waals surface area (Å²) in [5.74, 6) is -1.01. The topological polar surface area (TPSA) is 75.7 Å². The smallest absolute Gasteiger partial charge is 0.416 e. The number of nitrogens with one attached hydrogen (secondary N) is 1. The van der Waals surface area contributed by atoms with Gasteiger partial charge in [0.15, 0.2) is 5.78 Å². The maximum absolute atomic E-state index is 13.5. The second-order valence-electron chi connectivity index (χ2n) is 11.2. The van der Waals surface area contributed by atoms with Crippen molar-refractivity contribution >= 4 is 23.3 Å². The van der Waals surface area contributed by atoms with Gasteiger partial charge in [-0.05, 0) is 72.7 Å². The molecule has 0 aliphatic carbocycles. The molecule has 9 heteroatoms. The maximum Gasteiger partial charge on any atom is 0.416 e. The zero-order valence-corrected chi connectivity index (χ0v) is 25.0. The van der Waals surface area contributed by atoms with Gasteiger partial charge in [0, 0.05) is 42.0 Å². The van der Waals surface area contributed by atoms with Gasteiger partial charge in [-0.2, -0.15) is 13.2 Å². The van der Waals surface area contributed by atoms with Crippen LogP contribution >= 0.6 is 0 Å². The molecule has 45 heavy (non-hydrogen) atoms. The van der Waals surface area contributed by atoms with Crippen molar-refractivity contribution in [2.45, 2.75) is 25.9 Å². The fourth-order valence-electron chi connectivity index (χ4n) is 5.77. The summed E-state index contributed by atoms with van der Waals surface area (Å²) < 4.78 is 44.0. The number of hydrogen-bond donors (Lipinski definition) is 1. The summed E-state index contributed by atoms with van der Waals surface area (Å²) in [5.41, 5.74) is 3.59. The Morgan fingerprint density at radius 2 is 1.56 bits per heavy atom. The number of aryl methyl sites for hydroxylation is 1. The third-order valence-corrected chi connectivity index (χ3v) is 8.15. The lowest BCUT2D eigenvalue weighted by molar-refractivity contribution is -0.137. The fourth-order valence-corrected chi connectivity index (χ4v) is 5.77. The van der Waals surface area contributed by atoms with E-state index in [0.717, 1.165) is 42.8 Å². The van der Waals surface area contributed by atoms with Gasteiger partial charge in [0.05, 0.1) is 18.2 Å². The SMILES string of the molecule is COC(=O)c1ccccc1C(=O)c1ccc(C)c(N2CCCC(CNC(=O)c3ccccc3-c3ccc(C(F)(F)F)cc3)C2)c1. The number of nitrogens with zero attached hydrogens (tertiary/aromatic N) is 1. The molecule has 1 heterocycles. The molecule has 0 aromatic heterocycles. The van der Waals surface area contributed by atoms with Gasteiger partial charge in [-0.1, -0.05) is 60.7 Å². The summed E-state index contributed by atoms with van der Waals surface area (Å²) in [6, 6.07) is 23.7. The third-order valence-electron chi connectivity index (χ3n) is 8.15. The first-order valence-corrected chi connectivity index (χ1v) is 14.7. The van der Waals surface area contributed by atoms with E-state index in [4.69, 9.17) is 4.74 Å². The summed E-state index contributed by atoms with van der Waals surface area (Å²) in [7, 11) is 1.28. The first-order chi connectivity index (χ1) is 21.6. The van der Waals surface area contributed by atoms with Crippen molar-refractivity contribution < 1.29 is 32.3 Å². The number of anilines is 1. The van der Waals surface area contributed by atoms with E-state index in [1.54, 1.807) is 54.6 Å². The largest absolute Gasteiger partial charge is 0.465 e. The lowest BCUT2D eigenvalue weighted by atomic mass is 9.94. The summed E-state index contributed by atoms with van der Waals surface area (Å²) in [4.78, 5) is 41.2. The summed E-state index contributed by atoms with van der Waals surface area (Å²) in [6.07, 6.45) is -2.64. The predicted molar refractivity (Wildman–Crippen MR) is 167 cm³/mol. The first-order valence-electron chi connectivity index (χ1n) is 14.7. The zero-order chi connectivity index (χ0) is 32.1. The van der Waals surface area contributed by atoms with E-state index in [0.29, 0.717) is 35.3 Å². The van der Waals surface area contributed by atoms with Gasteiger partial charge in [0.1, 0.15) is 0 Å². The van der Waals surface area contributed by atoms with Crippen molar-refractivity contribution in [3.05, 3.63) is 124 Å². The van der Waals surface area contributed by atoms with Gasteiger partial charge in [0.2, 0.25) is 0 Å². The molecule has 1 aliphatic rings. The summed E-state index contributed by atoms with van der Waals surface area (Å²) in [5, 5.41) is 3.03. The molecule has 6 nitrogen and oxygen atoms in total. The van der Waals surface area contributed by atoms with Crippen molar-refractivity contribution in [1.29, 1.82) is 0 Å². The zero-order valence-electron chi connectivity index (χ0n) is 25.0. The molecule has 1 aliphatic heterocycles. The second-order valence-corrected chi connectivity index (χ2v) is 11.2. The lowest BCUT2D eigenvalue weighted by Gasteiger charge is -2.35. The molecule has 1 fully saturated rings. The number of carbonyl (C=O) groups excluding carboxylic acids is 3. The number of ether oxygens (including phenoxy) is 1. The molecule has 1 saturated heterocycles. The molecule has 0 spiro atoms. The Balaban J connectivity index is 1.28. The molecule has 0 radical (unpaired) electrons. The van der Waals surface area contributed by atoms with Crippen LogP contribution in [-0.4, -0.2) is 44.4 Å². The van der Waals surface area contributed by atoms with E-state index >= 15 is 0 Å². The van der Waals surface area contributed by atoms with Crippen LogP contribution in [0.5, 0.6) is 0 Å². The van der Waals surface area contributed by atoms with E-state index in [9.17, 15) is 27.6 Å². The Bertz CT molecular complexity index is 1720. The molecule has 4 aromatic carbocycles. The number of benzene rings is 4. The highest BCUT2D eigenvalue weighted by Gasteiger charge is 2.30. The van der Waals surface area contributed by atoms with Crippen LogP contribution < -0.4 is 10.2 Å². The normalized spacial score (nSPS) is 15.0. The van der Waals surface area contributed by atoms with E-state index in [1.165, 1.54) is 19.2 Å². The predicted octanol–water partition coefficient (Wildman–Crippen LogP) is 7.34. The number of halogens is 3. The van der Waals surface area contributed by atoms with Crippen molar-refractivity contribution in [3.63, 3.8) is 0 Å². The van der Waals surface area contributed by atoms with Gasteiger partial charge in [-0.25, -0.2) is 4.79 Å². The highest BCUT2D eigenvalue weighted by Crippen LogP contribution is 2.32. The number of amides is 1. The van der Waals surface area contributed by atoms with E-state index < -0.39 is 17.7 Å². The lowest BCUT2D eigenvalue weighted by Crippen LogP contribution is -2.41. The monoisotopic (exact) mass is 614 g/mol. The Morgan fingerprint density at radius 3 is 2.24 bits per heavy atom. The van der Waals surface area contributed by atoms with Crippen molar-refractivity contribution in [2.75, 3.05) is 31.6 Å². The number of piperidine rings is 1. The van der Waals surface area contributed by atoms with Crippen LogP contribution in [0.3, 0.4) is 0 Å². The molecule has 1 unspecified atom stereocenters. The minimum absolute atomic E-state index is 0.139. The van der Waals surface area contributed by atoms with E-state index in [1.807, 2.05) is 19.1 Å². The minimum Gasteiger partial charge on any atom is -0.465 e. The molecule has 4 aromatic rings. The standard InChI is InChI=1S/C36H33F3N2O4/c1-23-13-14-26(33(42)29-10-4-6-12-31(29)35(44)45-2)20-32(23)41-19-7-8-24(22-41)21-40-34(43)30-11-5-3-9-28(30)25-15-17-27(18-16-25)36(37,38)39/h3-6,9-18,20,24H,7-8,19,21-22H2,1-2H3,(H,40,43). The first kappa shape index (κ1) is 31.5. The molecule has 1 amide bonds. The quantitative estimate of drug-likeness (QED) is 0.166. The van der Waals surface area contributed by atoms with Crippen LogP contribution in [0.1, 0.15) is 60.6 Å². The molecule has 0 bridgehead atoms.